The fourth-order valence-corrected chi connectivity index (χ4v) is 3.96. The van der Waals surface area contributed by atoms with E-state index in [1.54, 1.807) is 17.5 Å². The van der Waals surface area contributed by atoms with Gasteiger partial charge in [-0.1, -0.05) is 11.6 Å². The number of fused-ring (bicyclic) bond motifs is 1. The molecule has 0 radical (unpaired) electrons. The molecule has 1 aliphatic heterocycles. The number of ether oxygens (including phenoxy) is 1. The van der Waals surface area contributed by atoms with Gasteiger partial charge in [0.15, 0.2) is 0 Å². The SMILES string of the molecule is OCc1cc2nccc(-c3cc(Cl)ccc3OCC3CNC3)c2s1. The van der Waals surface area contributed by atoms with Gasteiger partial charge in [0.25, 0.3) is 0 Å². The Kier molecular flexibility index (Phi) is 4.41. The molecule has 3 heterocycles. The lowest BCUT2D eigenvalue weighted by Gasteiger charge is -2.27. The zero-order valence-electron chi connectivity index (χ0n) is 13.0. The fourth-order valence-electron chi connectivity index (χ4n) is 2.79. The molecule has 2 aromatic heterocycles. The molecular weight excluding hydrogens is 344 g/mol. The second-order valence-electron chi connectivity index (χ2n) is 5.92. The van der Waals surface area contributed by atoms with E-state index in [4.69, 9.17) is 16.3 Å². The van der Waals surface area contributed by atoms with Gasteiger partial charge in [0.05, 0.1) is 23.4 Å². The molecule has 4 nitrogen and oxygen atoms in total. The number of aliphatic hydroxyl groups is 1. The Morgan fingerprint density at radius 3 is 2.88 bits per heavy atom. The average Bonchev–Trinajstić information content (AvgIpc) is 2.98. The third-order valence-electron chi connectivity index (χ3n) is 4.19. The van der Waals surface area contributed by atoms with Crippen molar-refractivity contribution < 1.29 is 9.84 Å². The summed E-state index contributed by atoms with van der Waals surface area (Å²) in [4.78, 5) is 5.30. The quantitative estimate of drug-likeness (QED) is 0.728. The van der Waals surface area contributed by atoms with Gasteiger partial charge in [-0.15, -0.1) is 11.3 Å². The predicted octanol–water partition coefficient (Wildman–Crippen LogP) is 3.71. The molecule has 0 aliphatic carbocycles. The molecule has 0 bridgehead atoms. The van der Waals surface area contributed by atoms with Crippen LogP contribution in [0.4, 0.5) is 0 Å². The summed E-state index contributed by atoms with van der Waals surface area (Å²) in [6, 6.07) is 9.61. The Bertz CT molecular complexity index is 877. The van der Waals surface area contributed by atoms with E-state index in [0.29, 0.717) is 17.5 Å². The molecule has 0 amide bonds. The number of hydrogen-bond donors (Lipinski definition) is 2. The van der Waals surface area contributed by atoms with Gasteiger partial charge < -0.3 is 15.2 Å². The minimum Gasteiger partial charge on any atom is -0.493 e. The van der Waals surface area contributed by atoms with Gasteiger partial charge in [0, 0.05) is 46.2 Å². The van der Waals surface area contributed by atoms with Crippen LogP contribution >= 0.6 is 22.9 Å². The Labute approximate surface area is 149 Å². The average molecular weight is 361 g/mol. The molecule has 0 unspecified atom stereocenters. The van der Waals surface area contributed by atoms with Crippen molar-refractivity contribution >= 4 is 33.2 Å². The number of aromatic nitrogens is 1. The van der Waals surface area contributed by atoms with Crippen LogP contribution in [0.3, 0.4) is 0 Å². The number of nitrogens with zero attached hydrogens (tertiary/aromatic N) is 1. The first-order valence-corrected chi connectivity index (χ1v) is 9.06. The maximum atomic E-state index is 9.41. The van der Waals surface area contributed by atoms with Crippen LogP contribution in [0.5, 0.6) is 5.75 Å². The summed E-state index contributed by atoms with van der Waals surface area (Å²) in [5.74, 6) is 1.39. The van der Waals surface area contributed by atoms with Crippen molar-refractivity contribution in [2.75, 3.05) is 19.7 Å². The summed E-state index contributed by atoms with van der Waals surface area (Å²) < 4.78 is 7.11. The van der Waals surface area contributed by atoms with E-state index in [2.05, 4.69) is 10.3 Å². The first kappa shape index (κ1) is 15.8. The number of pyridine rings is 1. The molecule has 24 heavy (non-hydrogen) atoms. The zero-order valence-corrected chi connectivity index (χ0v) is 14.5. The van der Waals surface area contributed by atoms with Crippen molar-refractivity contribution in [3.05, 3.63) is 46.4 Å². The lowest BCUT2D eigenvalue weighted by atomic mass is 10.0. The second kappa shape index (κ2) is 6.69. The summed E-state index contributed by atoms with van der Waals surface area (Å²) in [6.07, 6.45) is 1.78. The lowest BCUT2D eigenvalue weighted by Crippen LogP contribution is -2.45. The number of thiophene rings is 1. The molecule has 1 saturated heterocycles. The molecule has 0 atom stereocenters. The summed E-state index contributed by atoms with van der Waals surface area (Å²) in [6.45, 7) is 2.73. The molecule has 4 rings (SSSR count). The van der Waals surface area contributed by atoms with Gasteiger partial charge in [-0.05, 0) is 30.3 Å². The van der Waals surface area contributed by atoms with E-state index in [9.17, 15) is 5.11 Å². The van der Waals surface area contributed by atoms with Gasteiger partial charge in [0.2, 0.25) is 0 Å². The smallest absolute Gasteiger partial charge is 0.127 e. The molecule has 1 aromatic carbocycles. The van der Waals surface area contributed by atoms with E-state index >= 15 is 0 Å². The van der Waals surface area contributed by atoms with Gasteiger partial charge in [0.1, 0.15) is 5.75 Å². The first-order chi connectivity index (χ1) is 11.7. The summed E-state index contributed by atoms with van der Waals surface area (Å²) >= 11 is 7.79. The summed E-state index contributed by atoms with van der Waals surface area (Å²) in [5.41, 5.74) is 2.89. The molecule has 0 spiro atoms. The minimum absolute atomic E-state index is 0.0219. The molecule has 1 aliphatic rings. The highest BCUT2D eigenvalue weighted by Crippen LogP contribution is 2.39. The van der Waals surface area contributed by atoms with Crippen LogP contribution < -0.4 is 10.1 Å². The van der Waals surface area contributed by atoms with E-state index < -0.39 is 0 Å². The normalized spacial score (nSPS) is 14.8. The minimum atomic E-state index is 0.0219. The van der Waals surface area contributed by atoms with E-state index in [-0.39, 0.29) is 6.61 Å². The first-order valence-electron chi connectivity index (χ1n) is 7.86. The Morgan fingerprint density at radius 1 is 1.25 bits per heavy atom. The molecule has 124 valence electrons. The Hall–Kier alpha value is -1.66. The fraction of sp³-hybridized carbons (Fsp3) is 0.278. The molecule has 0 saturated carbocycles. The van der Waals surface area contributed by atoms with Gasteiger partial charge >= 0.3 is 0 Å². The highest BCUT2D eigenvalue weighted by atomic mass is 35.5. The van der Waals surface area contributed by atoms with Crippen LogP contribution in [-0.2, 0) is 6.61 Å². The number of nitrogens with one attached hydrogen (secondary N) is 1. The number of halogens is 1. The molecule has 3 aromatic rings. The van der Waals surface area contributed by atoms with Crippen molar-refractivity contribution in [1.29, 1.82) is 0 Å². The predicted molar refractivity (Wildman–Crippen MR) is 97.8 cm³/mol. The molecular formula is C18H17ClN2O2S. The molecule has 6 heteroatoms. The maximum Gasteiger partial charge on any atom is 0.127 e. The van der Waals surface area contributed by atoms with Crippen molar-refractivity contribution in [3.63, 3.8) is 0 Å². The van der Waals surface area contributed by atoms with Gasteiger partial charge in [-0.3, -0.25) is 4.98 Å². The third-order valence-corrected chi connectivity index (χ3v) is 5.57. The topological polar surface area (TPSA) is 54.4 Å². The Balaban J connectivity index is 1.77. The largest absolute Gasteiger partial charge is 0.493 e. The van der Waals surface area contributed by atoms with Crippen LogP contribution in [0.15, 0.2) is 36.5 Å². The number of rotatable bonds is 5. The summed E-state index contributed by atoms with van der Waals surface area (Å²) in [7, 11) is 0. The van der Waals surface area contributed by atoms with Gasteiger partial charge in [-0.25, -0.2) is 0 Å². The number of aliphatic hydroxyl groups excluding tert-OH is 1. The van der Waals surface area contributed by atoms with Crippen LogP contribution in [0.25, 0.3) is 21.3 Å². The third kappa shape index (κ3) is 3.00. The number of hydrogen-bond acceptors (Lipinski definition) is 5. The maximum absolute atomic E-state index is 9.41. The molecule has 2 N–H and O–H groups in total. The second-order valence-corrected chi connectivity index (χ2v) is 7.49. The highest BCUT2D eigenvalue weighted by molar-refractivity contribution is 7.19. The number of benzene rings is 1. The lowest BCUT2D eigenvalue weighted by molar-refractivity contribution is 0.200. The Morgan fingerprint density at radius 2 is 2.12 bits per heavy atom. The molecule has 1 fully saturated rings. The van der Waals surface area contributed by atoms with Crippen molar-refractivity contribution in [2.45, 2.75) is 6.61 Å². The van der Waals surface area contributed by atoms with Crippen LogP contribution in [0.2, 0.25) is 5.02 Å². The van der Waals surface area contributed by atoms with Gasteiger partial charge in [-0.2, -0.15) is 0 Å². The monoisotopic (exact) mass is 360 g/mol. The van der Waals surface area contributed by atoms with Crippen LogP contribution in [0.1, 0.15) is 4.88 Å². The van der Waals surface area contributed by atoms with Crippen molar-refractivity contribution in [1.82, 2.24) is 10.3 Å². The van der Waals surface area contributed by atoms with E-state index in [1.165, 1.54) is 0 Å². The van der Waals surface area contributed by atoms with Crippen molar-refractivity contribution in [2.24, 2.45) is 5.92 Å². The standard InChI is InChI=1S/C18H17ClN2O2S/c19-12-1-2-17(23-10-11-7-20-8-11)15(5-12)14-3-4-21-16-6-13(9-22)24-18(14)16/h1-6,11,20,22H,7-10H2. The summed E-state index contributed by atoms with van der Waals surface area (Å²) in [5, 5.41) is 13.3. The van der Waals surface area contributed by atoms with Crippen LogP contribution in [0, 0.1) is 5.92 Å². The van der Waals surface area contributed by atoms with Crippen LogP contribution in [-0.4, -0.2) is 29.8 Å². The van der Waals surface area contributed by atoms with Crippen molar-refractivity contribution in [3.8, 4) is 16.9 Å². The van der Waals surface area contributed by atoms with E-state index in [1.807, 2.05) is 30.3 Å². The highest BCUT2D eigenvalue weighted by Gasteiger charge is 2.19. The van der Waals surface area contributed by atoms with E-state index in [0.717, 1.165) is 45.1 Å². The zero-order chi connectivity index (χ0) is 16.5.